The first-order chi connectivity index (χ1) is 13.2. The van der Waals surface area contributed by atoms with Gasteiger partial charge in [-0.2, -0.15) is 0 Å². The maximum absolute atomic E-state index is 12.6. The lowest BCUT2D eigenvalue weighted by molar-refractivity contribution is -0.124. The van der Waals surface area contributed by atoms with Gasteiger partial charge in [-0.05, 0) is 42.8 Å². The molecule has 1 saturated heterocycles. The summed E-state index contributed by atoms with van der Waals surface area (Å²) in [7, 11) is 0. The number of para-hydroxylation sites is 2. The molecule has 0 spiro atoms. The number of imidazole rings is 1. The summed E-state index contributed by atoms with van der Waals surface area (Å²) in [4.78, 5) is 32.0. The van der Waals surface area contributed by atoms with Crippen LogP contribution in [-0.4, -0.2) is 45.4 Å². The topological polar surface area (TPSA) is 67.2 Å². The zero-order valence-electron chi connectivity index (χ0n) is 15.0. The quantitative estimate of drug-likeness (QED) is 0.667. The van der Waals surface area contributed by atoms with Crippen LogP contribution >= 0.6 is 11.3 Å². The van der Waals surface area contributed by atoms with Crippen LogP contribution in [0.3, 0.4) is 0 Å². The summed E-state index contributed by atoms with van der Waals surface area (Å²) < 4.78 is 2.10. The van der Waals surface area contributed by atoms with Crippen molar-refractivity contribution in [3.63, 3.8) is 0 Å². The standard InChI is InChI=1S/C20H22N4O2S/c25-19(17-8-3-12-24(17)20(26)18-9-4-13-27-18)21-10-5-11-23-14-22-15-6-1-2-7-16(15)23/h1-2,4,6-7,9,13-14,17H,3,5,8,10-12H2,(H,21,25)/t17-/m1/s1. The third-order valence-corrected chi connectivity index (χ3v) is 5.81. The fourth-order valence-corrected chi connectivity index (χ4v) is 4.27. The average Bonchev–Trinajstić information content (AvgIpc) is 3.45. The molecule has 1 aliphatic heterocycles. The summed E-state index contributed by atoms with van der Waals surface area (Å²) in [5.41, 5.74) is 2.09. The predicted molar refractivity (Wildman–Crippen MR) is 106 cm³/mol. The molecule has 3 aromatic rings. The summed E-state index contributed by atoms with van der Waals surface area (Å²) in [5, 5.41) is 4.89. The normalized spacial score (nSPS) is 16.7. The van der Waals surface area contributed by atoms with E-state index in [1.54, 1.807) is 4.90 Å². The first-order valence-electron chi connectivity index (χ1n) is 9.26. The van der Waals surface area contributed by atoms with E-state index in [4.69, 9.17) is 0 Å². The number of rotatable bonds is 6. The van der Waals surface area contributed by atoms with E-state index >= 15 is 0 Å². The maximum atomic E-state index is 12.6. The number of benzene rings is 1. The van der Waals surface area contributed by atoms with Crippen LogP contribution in [0.2, 0.25) is 0 Å². The number of nitrogens with one attached hydrogen (secondary N) is 1. The van der Waals surface area contributed by atoms with Crippen LogP contribution in [-0.2, 0) is 11.3 Å². The van der Waals surface area contributed by atoms with Gasteiger partial charge in [-0.1, -0.05) is 18.2 Å². The number of hydrogen-bond donors (Lipinski definition) is 1. The van der Waals surface area contributed by atoms with Gasteiger partial charge in [0.1, 0.15) is 6.04 Å². The van der Waals surface area contributed by atoms with Gasteiger partial charge >= 0.3 is 0 Å². The molecule has 2 amide bonds. The summed E-state index contributed by atoms with van der Waals surface area (Å²) in [6.07, 6.45) is 4.26. The molecule has 1 fully saturated rings. The molecule has 0 saturated carbocycles. The summed E-state index contributed by atoms with van der Waals surface area (Å²) in [6.45, 7) is 2.03. The largest absolute Gasteiger partial charge is 0.354 e. The highest BCUT2D eigenvalue weighted by molar-refractivity contribution is 7.12. The van der Waals surface area contributed by atoms with Gasteiger partial charge in [0.15, 0.2) is 0 Å². The molecular weight excluding hydrogens is 360 g/mol. The molecule has 140 valence electrons. The second-order valence-corrected chi connectivity index (χ2v) is 7.65. The molecule has 2 aromatic heterocycles. The van der Waals surface area contributed by atoms with E-state index in [1.807, 2.05) is 48.1 Å². The highest BCUT2D eigenvalue weighted by Gasteiger charge is 2.34. The van der Waals surface area contributed by atoms with Crippen molar-refractivity contribution in [1.29, 1.82) is 0 Å². The van der Waals surface area contributed by atoms with Crippen LogP contribution in [0, 0.1) is 0 Å². The average molecular weight is 382 g/mol. The van der Waals surface area contributed by atoms with Crippen LogP contribution in [0.1, 0.15) is 28.9 Å². The Morgan fingerprint density at radius 2 is 2.11 bits per heavy atom. The third kappa shape index (κ3) is 3.73. The summed E-state index contributed by atoms with van der Waals surface area (Å²) >= 11 is 1.42. The van der Waals surface area contributed by atoms with Crippen molar-refractivity contribution in [3.8, 4) is 0 Å². The Balaban J connectivity index is 1.29. The van der Waals surface area contributed by atoms with Gasteiger partial charge in [0, 0.05) is 19.6 Å². The van der Waals surface area contributed by atoms with Gasteiger partial charge in [0.05, 0.1) is 22.2 Å². The first-order valence-corrected chi connectivity index (χ1v) is 10.1. The predicted octanol–water partition coefficient (Wildman–Crippen LogP) is 2.91. The molecule has 1 aromatic carbocycles. The molecule has 1 N–H and O–H groups in total. The Bertz CT molecular complexity index is 935. The smallest absolute Gasteiger partial charge is 0.264 e. The molecule has 6 nitrogen and oxygen atoms in total. The van der Waals surface area contributed by atoms with E-state index in [2.05, 4.69) is 14.9 Å². The SMILES string of the molecule is O=C(NCCCn1cnc2ccccc21)[C@H]1CCCN1C(=O)c1cccs1. The Kier molecular flexibility index (Phi) is 5.20. The minimum absolute atomic E-state index is 0.0347. The highest BCUT2D eigenvalue weighted by atomic mass is 32.1. The zero-order chi connectivity index (χ0) is 18.6. The van der Waals surface area contributed by atoms with Crippen LogP contribution in [0.15, 0.2) is 48.1 Å². The molecule has 1 aliphatic rings. The number of likely N-dealkylation sites (tertiary alicyclic amines) is 1. The van der Waals surface area contributed by atoms with Gasteiger partial charge in [0.2, 0.25) is 5.91 Å². The summed E-state index contributed by atoms with van der Waals surface area (Å²) in [5.74, 6) is -0.0829. The van der Waals surface area contributed by atoms with E-state index in [1.165, 1.54) is 11.3 Å². The molecule has 0 bridgehead atoms. The van der Waals surface area contributed by atoms with E-state index in [0.29, 0.717) is 18.0 Å². The first kappa shape index (κ1) is 17.7. The van der Waals surface area contributed by atoms with Crippen molar-refractivity contribution in [2.75, 3.05) is 13.1 Å². The van der Waals surface area contributed by atoms with E-state index in [9.17, 15) is 9.59 Å². The lowest BCUT2D eigenvalue weighted by Gasteiger charge is -2.23. The number of carbonyl (C=O) groups is 2. The fourth-order valence-electron chi connectivity index (χ4n) is 3.59. The molecule has 27 heavy (non-hydrogen) atoms. The van der Waals surface area contributed by atoms with Crippen LogP contribution < -0.4 is 5.32 Å². The molecular formula is C20H22N4O2S. The number of fused-ring (bicyclic) bond motifs is 1. The minimum Gasteiger partial charge on any atom is -0.354 e. The van der Waals surface area contributed by atoms with E-state index in [-0.39, 0.29) is 17.9 Å². The highest BCUT2D eigenvalue weighted by Crippen LogP contribution is 2.22. The number of aromatic nitrogens is 2. The summed E-state index contributed by atoms with van der Waals surface area (Å²) in [6, 6.07) is 11.3. The molecule has 0 unspecified atom stereocenters. The van der Waals surface area contributed by atoms with Gasteiger partial charge in [-0.15, -0.1) is 11.3 Å². The molecule has 0 aliphatic carbocycles. The molecule has 7 heteroatoms. The van der Waals surface area contributed by atoms with Crippen molar-refractivity contribution < 1.29 is 9.59 Å². The Morgan fingerprint density at radius 1 is 1.22 bits per heavy atom. The lowest BCUT2D eigenvalue weighted by atomic mass is 10.2. The number of hydrogen-bond acceptors (Lipinski definition) is 4. The fraction of sp³-hybridized carbons (Fsp3) is 0.350. The second kappa shape index (κ2) is 7.92. The molecule has 0 radical (unpaired) electrons. The number of carbonyl (C=O) groups excluding carboxylic acids is 2. The van der Waals surface area contributed by atoms with Crippen molar-refractivity contribution in [1.82, 2.24) is 19.8 Å². The lowest BCUT2D eigenvalue weighted by Crippen LogP contribution is -2.46. The van der Waals surface area contributed by atoms with E-state index in [0.717, 1.165) is 36.8 Å². The third-order valence-electron chi connectivity index (χ3n) is 4.95. The van der Waals surface area contributed by atoms with Gasteiger partial charge in [-0.25, -0.2) is 4.98 Å². The van der Waals surface area contributed by atoms with Gasteiger partial charge < -0.3 is 14.8 Å². The monoisotopic (exact) mass is 382 g/mol. The van der Waals surface area contributed by atoms with Crippen molar-refractivity contribution in [2.45, 2.75) is 31.8 Å². The number of nitrogens with zero attached hydrogens (tertiary/aromatic N) is 3. The van der Waals surface area contributed by atoms with Gasteiger partial charge in [-0.3, -0.25) is 9.59 Å². The van der Waals surface area contributed by atoms with Gasteiger partial charge in [0.25, 0.3) is 5.91 Å². The maximum Gasteiger partial charge on any atom is 0.264 e. The second-order valence-electron chi connectivity index (χ2n) is 6.71. The molecule has 4 rings (SSSR count). The number of thiophene rings is 1. The van der Waals surface area contributed by atoms with Crippen molar-refractivity contribution in [3.05, 3.63) is 53.0 Å². The molecule has 1 atom stereocenters. The van der Waals surface area contributed by atoms with Crippen LogP contribution in [0.4, 0.5) is 0 Å². The number of amides is 2. The van der Waals surface area contributed by atoms with E-state index < -0.39 is 0 Å². The van der Waals surface area contributed by atoms with Crippen molar-refractivity contribution in [2.24, 2.45) is 0 Å². The Labute approximate surface area is 161 Å². The van der Waals surface area contributed by atoms with Crippen molar-refractivity contribution >= 4 is 34.2 Å². The minimum atomic E-state index is -0.353. The Hall–Kier alpha value is -2.67. The Morgan fingerprint density at radius 3 is 2.96 bits per heavy atom. The van der Waals surface area contributed by atoms with Crippen LogP contribution in [0.5, 0.6) is 0 Å². The molecule has 3 heterocycles. The zero-order valence-corrected chi connectivity index (χ0v) is 15.8. The van der Waals surface area contributed by atoms with Crippen LogP contribution in [0.25, 0.3) is 11.0 Å². The number of aryl methyl sites for hydroxylation is 1.